The second kappa shape index (κ2) is 8.39. The molecule has 1 aromatic carbocycles. The van der Waals surface area contributed by atoms with Crippen LogP contribution in [0.4, 0.5) is 0 Å². The molecule has 0 radical (unpaired) electrons. The van der Waals surface area contributed by atoms with Crippen molar-refractivity contribution in [3.63, 3.8) is 0 Å². The lowest BCUT2D eigenvalue weighted by atomic mass is 10.0. The Morgan fingerprint density at radius 3 is 2.70 bits per heavy atom. The van der Waals surface area contributed by atoms with Gasteiger partial charge in [0.2, 0.25) is 5.91 Å². The normalized spacial score (nSPS) is 21.7. The molecule has 30 heavy (non-hydrogen) atoms. The highest BCUT2D eigenvalue weighted by Crippen LogP contribution is 2.28. The van der Waals surface area contributed by atoms with E-state index in [2.05, 4.69) is 10.3 Å². The largest absolute Gasteiger partial charge is 0.368 e. The zero-order valence-electron chi connectivity index (χ0n) is 17.2. The van der Waals surface area contributed by atoms with Crippen molar-refractivity contribution in [1.82, 2.24) is 19.8 Å². The monoisotopic (exact) mass is 410 g/mol. The van der Waals surface area contributed by atoms with E-state index in [0.717, 1.165) is 5.69 Å². The van der Waals surface area contributed by atoms with Crippen LogP contribution in [-0.2, 0) is 14.3 Å². The minimum absolute atomic E-state index is 0.0591. The number of hydrogen-bond acceptors (Lipinski definition) is 5. The fourth-order valence-corrected chi connectivity index (χ4v) is 4.17. The number of imidazole rings is 1. The number of rotatable bonds is 6. The average Bonchev–Trinajstić information content (AvgIpc) is 3.46. The Morgan fingerprint density at radius 2 is 2.03 bits per heavy atom. The zero-order chi connectivity index (χ0) is 21.3. The third-order valence-corrected chi connectivity index (χ3v) is 5.64. The maximum Gasteiger partial charge on any atom is 0.251 e. The quantitative estimate of drug-likeness (QED) is 0.781. The molecular weight excluding hydrogens is 384 g/mol. The fourth-order valence-electron chi connectivity index (χ4n) is 4.17. The van der Waals surface area contributed by atoms with Gasteiger partial charge in [0.1, 0.15) is 18.7 Å². The molecule has 1 unspecified atom stereocenters. The van der Waals surface area contributed by atoms with Crippen LogP contribution in [0.3, 0.4) is 0 Å². The number of benzene rings is 1. The standard InChI is InChI=1S/C22H26N4O4/c1-14(2)11-17(22(29)26-9-7-19-20(26)18(27)12-30-19)24-21(28)15-3-5-16(6-4-15)25-10-8-23-13-25/h3-6,8,10,13-14,17,19-20H,7,9,11-12H2,1-2H3,(H,24,28)/t17?,19-,20-/m1/s1. The smallest absolute Gasteiger partial charge is 0.251 e. The summed E-state index contributed by atoms with van der Waals surface area (Å²) < 4.78 is 7.33. The molecule has 3 atom stereocenters. The number of aromatic nitrogens is 2. The first-order valence-corrected chi connectivity index (χ1v) is 10.3. The average molecular weight is 410 g/mol. The minimum atomic E-state index is -0.682. The molecule has 2 fully saturated rings. The Hall–Kier alpha value is -3.00. The van der Waals surface area contributed by atoms with Crippen LogP contribution in [-0.4, -0.2) is 63.4 Å². The summed E-state index contributed by atoms with van der Waals surface area (Å²) in [5.74, 6) is -0.373. The molecule has 3 heterocycles. The predicted octanol–water partition coefficient (Wildman–Crippen LogP) is 1.59. The summed E-state index contributed by atoms with van der Waals surface area (Å²) in [6, 6.07) is 5.91. The fraction of sp³-hybridized carbons (Fsp3) is 0.455. The van der Waals surface area contributed by atoms with Gasteiger partial charge in [-0.1, -0.05) is 13.8 Å². The van der Waals surface area contributed by atoms with Crippen molar-refractivity contribution in [2.75, 3.05) is 13.2 Å². The van der Waals surface area contributed by atoms with Gasteiger partial charge in [0.05, 0.1) is 12.4 Å². The molecule has 2 aliphatic heterocycles. The highest BCUT2D eigenvalue weighted by molar-refractivity contribution is 5.99. The van der Waals surface area contributed by atoms with E-state index in [9.17, 15) is 14.4 Å². The number of hydrogen-bond donors (Lipinski definition) is 1. The lowest BCUT2D eigenvalue weighted by Crippen LogP contribution is -2.52. The molecule has 2 aliphatic rings. The Bertz CT molecular complexity index is 923. The van der Waals surface area contributed by atoms with Crippen molar-refractivity contribution in [3.8, 4) is 5.69 Å². The van der Waals surface area contributed by atoms with E-state index in [-0.39, 0.29) is 36.2 Å². The van der Waals surface area contributed by atoms with Gasteiger partial charge in [0, 0.05) is 30.2 Å². The number of carbonyl (C=O) groups excluding carboxylic acids is 3. The van der Waals surface area contributed by atoms with Crippen molar-refractivity contribution in [3.05, 3.63) is 48.5 Å². The maximum atomic E-state index is 13.2. The van der Waals surface area contributed by atoms with Crippen LogP contribution in [0.1, 0.15) is 37.0 Å². The second-order valence-electron chi connectivity index (χ2n) is 8.25. The molecule has 0 spiro atoms. The Morgan fingerprint density at radius 1 is 1.27 bits per heavy atom. The first-order chi connectivity index (χ1) is 14.4. The Balaban J connectivity index is 1.48. The highest BCUT2D eigenvalue weighted by atomic mass is 16.5. The van der Waals surface area contributed by atoms with Gasteiger partial charge in [-0.2, -0.15) is 0 Å². The van der Waals surface area contributed by atoms with Crippen molar-refractivity contribution in [2.45, 2.75) is 44.9 Å². The van der Waals surface area contributed by atoms with Crippen molar-refractivity contribution in [1.29, 1.82) is 0 Å². The van der Waals surface area contributed by atoms with Crippen LogP contribution in [0.15, 0.2) is 43.0 Å². The number of carbonyl (C=O) groups is 3. The van der Waals surface area contributed by atoms with E-state index in [1.165, 1.54) is 0 Å². The Labute approximate surface area is 175 Å². The van der Waals surface area contributed by atoms with E-state index < -0.39 is 12.1 Å². The lowest BCUT2D eigenvalue weighted by Gasteiger charge is -2.28. The van der Waals surface area contributed by atoms with Gasteiger partial charge in [0.15, 0.2) is 5.78 Å². The van der Waals surface area contributed by atoms with Crippen LogP contribution < -0.4 is 5.32 Å². The predicted molar refractivity (Wildman–Crippen MR) is 109 cm³/mol. The molecule has 0 saturated carbocycles. The van der Waals surface area contributed by atoms with Crippen LogP contribution in [0, 0.1) is 5.92 Å². The van der Waals surface area contributed by atoms with Gasteiger partial charge in [-0.05, 0) is 43.0 Å². The molecule has 2 amide bonds. The van der Waals surface area contributed by atoms with Crippen LogP contribution >= 0.6 is 0 Å². The number of nitrogens with one attached hydrogen (secondary N) is 1. The van der Waals surface area contributed by atoms with Gasteiger partial charge in [-0.3, -0.25) is 14.4 Å². The summed E-state index contributed by atoms with van der Waals surface area (Å²) in [6.07, 6.45) is 6.13. The van der Waals surface area contributed by atoms with E-state index in [4.69, 9.17) is 4.74 Å². The second-order valence-corrected chi connectivity index (χ2v) is 8.25. The summed E-state index contributed by atoms with van der Waals surface area (Å²) in [4.78, 5) is 43.9. The van der Waals surface area contributed by atoms with E-state index in [1.807, 2.05) is 36.7 Å². The number of ketones is 1. The molecule has 8 heteroatoms. The topological polar surface area (TPSA) is 93.5 Å². The van der Waals surface area contributed by atoms with Gasteiger partial charge in [-0.25, -0.2) is 4.98 Å². The number of Topliss-reactive ketones (excluding diaryl/α,β-unsaturated/α-hetero) is 1. The van der Waals surface area contributed by atoms with E-state index >= 15 is 0 Å². The van der Waals surface area contributed by atoms with E-state index in [0.29, 0.717) is 24.9 Å². The molecule has 2 saturated heterocycles. The van der Waals surface area contributed by atoms with Gasteiger partial charge < -0.3 is 19.5 Å². The molecule has 1 N–H and O–H groups in total. The zero-order valence-corrected chi connectivity index (χ0v) is 17.2. The maximum absolute atomic E-state index is 13.2. The number of likely N-dealkylation sites (tertiary alicyclic amines) is 1. The number of amides is 2. The summed E-state index contributed by atoms with van der Waals surface area (Å²) in [7, 11) is 0. The SMILES string of the molecule is CC(C)CC(NC(=O)c1ccc(-n2ccnc2)cc1)C(=O)N1CC[C@H]2OCC(=O)[C@H]21. The third-order valence-electron chi connectivity index (χ3n) is 5.64. The van der Waals surface area contributed by atoms with Gasteiger partial charge >= 0.3 is 0 Å². The molecule has 1 aromatic heterocycles. The molecule has 4 rings (SSSR count). The molecular formula is C22H26N4O4. The van der Waals surface area contributed by atoms with Crippen molar-refractivity contribution >= 4 is 17.6 Å². The third kappa shape index (κ3) is 4.00. The van der Waals surface area contributed by atoms with Gasteiger partial charge in [-0.15, -0.1) is 0 Å². The van der Waals surface area contributed by atoms with Crippen molar-refractivity contribution < 1.29 is 19.1 Å². The van der Waals surface area contributed by atoms with Gasteiger partial charge in [0.25, 0.3) is 5.91 Å². The van der Waals surface area contributed by atoms with Crippen molar-refractivity contribution in [2.24, 2.45) is 5.92 Å². The molecule has 8 nitrogen and oxygen atoms in total. The summed E-state index contributed by atoms with van der Waals surface area (Å²) in [5, 5.41) is 2.89. The summed E-state index contributed by atoms with van der Waals surface area (Å²) in [6.45, 7) is 4.54. The summed E-state index contributed by atoms with van der Waals surface area (Å²) >= 11 is 0. The highest BCUT2D eigenvalue weighted by Gasteiger charge is 2.48. The van der Waals surface area contributed by atoms with E-state index in [1.54, 1.807) is 29.6 Å². The lowest BCUT2D eigenvalue weighted by molar-refractivity contribution is -0.138. The first-order valence-electron chi connectivity index (χ1n) is 10.3. The van der Waals surface area contributed by atoms with Crippen LogP contribution in [0.5, 0.6) is 0 Å². The van der Waals surface area contributed by atoms with Crippen LogP contribution in [0.25, 0.3) is 5.69 Å². The number of nitrogens with zero attached hydrogens (tertiary/aromatic N) is 3. The summed E-state index contributed by atoms with van der Waals surface area (Å²) in [5.41, 5.74) is 1.36. The first kappa shape index (κ1) is 20.3. The molecule has 0 aliphatic carbocycles. The molecule has 2 aromatic rings. The Kier molecular flexibility index (Phi) is 5.67. The minimum Gasteiger partial charge on any atom is -0.368 e. The molecule has 158 valence electrons. The number of ether oxygens (including phenoxy) is 1. The molecule has 0 bridgehead atoms. The number of fused-ring (bicyclic) bond motifs is 1. The van der Waals surface area contributed by atoms with Crippen LogP contribution in [0.2, 0.25) is 0 Å².